The fourth-order valence-corrected chi connectivity index (χ4v) is 6.17. The van der Waals surface area contributed by atoms with E-state index in [0.717, 1.165) is 59.3 Å². The van der Waals surface area contributed by atoms with Crippen LogP contribution < -0.4 is 21.3 Å². The minimum Gasteiger partial charge on any atom is -0.453 e. The van der Waals surface area contributed by atoms with Crippen molar-refractivity contribution in [3.8, 4) is 11.1 Å². The molecule has 0 saturated carbocycles. The maximum absolute atomic E-state index is 13.7. The van der Waals surface area contributed by atoms with E-state index >= 15 is 0 Å². The van der Waals surface area contributed by atoms with Crippen molar-refractivity contribution in [1.29, 1.82) is 0 Å². The quantitative estimate of drug-likeness (QED) is 0.0791. The van der Waals surface area contributed by atoms with Crippen molar-refractivity contribution in [3.63, 3.8) is 0 Å². The zero-order valence-corrected chi connectivity index (χ0v) is 29.2. The molecule has 2 heterocycles. The first-order valence-corrected chi connectivity index (χ1v) is 16.8. The number of fused-ring (bicyclic) bond motifs is 1. The Morgan fingerprint density at radius 2 is 1.75 bits per heavy atom. The molecule has 2 aromatic carbocycles. The van der Waals surface area contributed by atoms with Gasteiger partial charge in [-0.1, -0.05) is 30.3 Å². The third-order valence-corrected chi connectivity index (χ3v) is 8.73. The molecule has 53 heavy (non-hydrogen) atoms. The molecular weight excluding hydrogens is 710 g/mol. The Balaban J connectivity index is 1.42. The molecule has 288 valence electrons. The second-order valence-electron chi connectivity index (χ2n) is 12.4. The number of aromatic nitrogens is 2. The number of hydrogen-bond donors (Lipinski definition) is 5. The molecule has 5 N–H and O–H groups in total. The molecule has 12 nitrogen and oxygen atoms in total. The summed E-state index contributed by atoms with van der Waals surface area (Å²) < 4.78 is 86.2. The Morgan fingerprint density at radius 3 is 2.40 bits per heavy atom. The van der Waals surface area contributed by atoms with E-state index in [4.69, 9.17) is 0 Å². The van der Waals surface area contributed by atoms with Crippen LogP contribution in [0.4, 0.5) is 31.1 Å². The highest BCUT2D eigenvalue weighted by Gasteiger charge is 2.63. The lowest BCUT2D eigenvalue weighted by Gasteiger charge is -2.34. The van der Waals surface area contributed by atoms with Crippen molar-refractivity contribution < 1.29 is 45.5 Å². The van der Waals surface area contributed by atoms with Gasteiger partial charge in [0.2, 0.25) is 11.8 Å². The number of carbonyl (C=O) groups excluding carboxylic acids is 3. The lowest BCUT2D eigenvalue weighted by atomic mass is 9.96. The molecule has 1 aliphatic heterocycles. The van der Waals surface area contributed by atoms with Crippen LogP contribution in [0.5, 0.6) is 0 Å². The summed E-state index contributed by atoms with van der Waals surface area (Å²) in [4.78, 5) is 49.4. The largest absolute Gasteiger partial charge is 0.453 e. The Morgan fingerprint density at radius 1 is 1.06 bits per heavy atom. The smallest absolute Gasteiger partial charge is 0.407 e. The summed E-state index contributed by atoms with van der Waals surface area (Å²) in [6, 6.07) is 9.41. The highest BCUT2D eigenvalue weighted by molar-refractivity contribution is 5.87. The number of imidazole rings is 1. The predicted octanol–water partition coefficient (Wildman–Crippen LogP) is 4.93. The first-order chi connectivity index (χ1) is 25.2. The normalized spacial score (nSPS) is 15.8. The summed E-state index contributed by atoms with van der Waals surface area (Å²) in [6.07, 6.45) is -8.98. The molecule has 1 aliphatic rings. The minimum atomic E-state index is -5.88. The van der Waals surface area contributed by atoms with E-state index in [0.29, 0.717) is 24.2 Å². The number of carbonyl (C=O) groups is 3. The number of aryl methyl sites for hydroxylation is 1. The topological polar surface area (TPSA) is 153 Å². The van der Waals surface area contributed by atoms with E-state index in [1.165, 1.54) is 11.5 Å². The summed E-state index contributed by atoms with van der Waals surface area (Å²) in [5.41, 5.74) is 4.58. The molecule has 1 aromatic heterocycles. The summed E-state index contributed by atoms with van der Waals surface area (Å²) in [7, 11) is 2.48. The number of unbranched alkanes of at least 4 members (excludes halogenated alkanes) is 1. The Bertz CT molecular complexity index is 1750. The summed E-state index contributed by atoms with van der Waals surface area (Å²) >= 11 is 0. The van der Waals surface area contributed by atoms with E-state index in [1.54, 1.807) is 7.05 Å². The van der Waals surface area contributed by atoms with Crippen molar-refractivity contribution in [1.82, 2.24) is 36.1 Å². The van der Waals surface area contributed by atoms with Crippen molar-refractivity contribution in [2.24, 2.45) is 10.9 Å². The predicted molar refractivity (Wildman–Crippen MR) is 187 cm³/mol. The molecule has 0 spiro atoms. The molecule has 0 bridgehead atoms. The highest BCUT2D eigenvalue weighted by atomic mass is 19.4. The first kappa shape index (κ1) is 40.6. The number of methoxy groups -OCH3 is 1. The number of nitrogens with one attached hydrogen (secondary N) is 5. The molecule has 1 fully saturated rings. The van der Waals surface area contributed by atoms with Crippen LogP contribution in [0, 0.1) is 5.92 Å². The zero-order valence-electron chi connectivity index (χ0n) is 29.2. The Labute approximate surface area is 301 Å². The zero-order chi connectivity index (χ0) is 38.8. The van der Waals surface area contributed by atoms with Crippen LogP contribution in [0.1, 0.15) is 37.1 Å². The Kier molecular flexibility index (Phi) is 13.9. The average molecular weight is 753 g/mol. The highest BCUT2D eigenvalue weighted by Crippen LogP contribution is 2.42. The number of aliphatic imine (C=N–C) groups is 1. The maximum Gasteiger partial charge on any atom is 0.407 e. The van der Waals surface area contributed by atoms with Gasteiger partial charge in [0, 0.05) is 38.3 Å². The van der Waals surface area contributed by atoms with Gasteiger partial charge in [-0.05, 0) is 68.3 Å². The van der Waals surface area contributed by atoms with Crippen LogP contribution in [0.2, 0.25) is 0 Å². The van der Waals surface area contributed by atoms with Gasteiger partial charge in [-0.15, -0.1) is 0 Å². The van der Waals surface area contributed by atoms with Gasteiger partial charge in [0.1, 0.15) is 11.9 Å². The van der Waals surface area contributed by atoms with Crippen LogP contribution in [0.25, 0.3) is 27.9 Å². The van der Waals surface area contributed by atoms with Gasteiger partial charge in [0.25, 0.3) is 0 Å². The number of hydrogen-bond acceptors (Lipinski definition) is 8. The molecule has 0 radical (unpaired) electrons. The molecule has 3 aromatic rings. The van der Waals surface area contributed by atoms with Gasteiger partial charge in [-0.3, -0.25) is 14.6 Å². The number of alkyl halides is 6. The van der Waals surface area contributed by atoms with Crippen molar-refractivity contribution in [3.05, 3.63) is 60.1 Å². The van der Waals surface area contributed by atoms with Crippen LogP contribution in [-0.2, 0) is 20.7 Å². The van der Waals surface area contributed by atoms with Gasteiger partial charge in [0.15, 0.2) is 5.92 Å². The lowest BCUT2D eigenvalue weighted by Crippen LogP contribution is -2.60. The second-order valence-corrected chi connectivity index (χ2v) is 12.4. The van der Waals surface area contributed by atoms with E-state index in [-0.39, 0.29) is 32.0 Å². The number of nitrogens with zero attached hydrogens (tertiary/aromatic N) is 3. The summed E-state index contributed by atoms with van der Waals surface area (Å²) in [6.45, 7) is 4.20. The minimum absolute atomic E-state index is 0.0354. The number of H-pyrrole nitrogens is 1. The Hall–Kier alpha value is -5.13. The third kappa shape index (κ3) is 10.9. The SMILES string of the molecule is C=N/C=C(\NCC1CCCN1C(=O)C(NC(=O)OC)C(C(F)(F)F)C(F)(F)F)c1ccc(-c2ccc3nc(CCCCNC(=O)CNC)[nH]c3c2)cc1. The maximum atomic E-state index is 13.7. The molecule has 3 amide bonds. The van der Waals surface area contributed by atoms with Gasteiger partial charge in [0.05, 0.1) is 30.4 Å². The van der Waals surface area contributed by atoms with Gasteiger partial charge in [-0.2, -0.15) is 26.3 Å². The second kappa shape index (κ2) is 18.1. The number of rotatable bonds is 16. The lowest BCUT2D eigenvalue weighted by molar-refractivity contribution is -0.290. The number of alkyl carbamates (subject to hydrolysis) is 1. The van der Waals surface area contributed by atoms with Crippen LogP contribution in [-0.4, -0.2) is 104 Å². The van der Waals surface area contributed by atoms with E-state index in [9.17, 15) is 40.7 Å². The number of likely N-dealkylation sites (tertiary alicyclic amines) is 1. The van der Waals surface area contributed by atoms with Crippen LogP contribution in [0.3, 0.4) is 0 Å². The van der Waals surface area contributed by atoms with Crippen molar-refractivity contribution in [2.75, 3.05) is 40.3 Å². The average Bonchev–Trinajstić information content (AvgIpc) is 3.74. The van der Waals surface area contributed by atoms with E-state index in [2.05, 4.69) is 42.4 Å². The van der Waals surface area contributed by atoms with Gasteiger partial charge >= 0.3 is 18.4 Å². The number of aromatic amines is 1. The molecule has 2 unspecified atom stereocenters. The number of halogens is 6. The van der Waals surface area contributed by atoms with Crippen LogP contribution >= 0.6 is 0 Å². The fourth-order valence-electron chi connectivity index (χ4n) is 6.17. The van der Waals surface area contributed by atoms with E-state index in [1.807, 2.05) is 42.5 Å². The molecule has 4 rings (SSSR count). The third-order valence-electron chi connectivity index (χ3n) is 8.73. The van der Waals surface area contributed by atoms with Crippen LogP contribution in [0.15, 0.2) is 53.7 Å². The fraction of sp³-hybridized carbons (Fsp3) is 0.457. The molecule has 18 heteroatoms. The summed E-state index contributed by atoms with van der Waals surface area (Å²) in [5, 5.41) is 10.2. The van der Waals surface area contributed by atoms with Gasteiger partial charge < -0.3 is 35.9 Å². The number of likely N-dealkylation sites (N-methyl/N-ethyl adjacent to an activating group) is 1. The number of ether oxygens (including phenoxy) is 1. The monoisotopic (exact) mass is 752 g/mol. The number of amides is 3. The summed E-state index contributed by atoms with van der Waals surface area (Å²) in [5.74, 6) is -4.88. The molecular formula is C35H42F6N8O4. The molecule has 0 aliphatic carbocycles. The van der Waals surface area contributed by atoms with E-state index < -0.39 is 42.4 Å². The van der Waals surface area contributed by atoms with Crippen molar-refractivity contribution in [2.45, 2.75) is 56.5 Å². The van der Waals surface area contributed by atoms with Gasteiger partial charge in [-0.25, -0.2) is 9.78 Å². The molecule has 2 atom stereocenters. The number of benzene rings is 2. The molecule has 1 saturated heterocycles. The standard InChI is InChI=1S/C35H42F6N8O4/c1-42-19-27(45-18-24-7-6-16-49(24)32(51)30(48-33(52)53-3)31(34(36,37)38)35(39,40)41)22-11-9-21(10-12-22)23-13-14-25-26(17-23)47-28(46-25)8-4-5-15-44-29(50)20-43-2/h9-14,17,19,24,30-31,43,45H,1,4-8,15-16,18,20H2,2-3H3,(H,44,50)(H,46,47)(H,48,52)/b27-19-. The first-order valence-electron chi connectivity index (χ1n) is 16.8. The van der Waals surface area contributed by atoms with Crippen molar-refractivity contribution >= 4 is 41.4 Å².